The van der Waals surface area contributed by atoms with Crippen LogP contribution in [0.25, 0.3) is 10.9 Å². The summed E-state index contributed by atoms with van der Waals surface area (Å²) in [6.45, 7) is 3.38. The van der Waals surface area contributed by atoms with Gasteiger partial charge in [0.1, 0.15) is 5.41 Å². The van der Waals surface area contributed by atoms with Gasteiger partial charge < -0.3 is 9.67 Å². The fourth-order valence-electron chi connectivity index (χ4n) is 2.08. The Balaban J connectivity index is 2.77. The van der Waals surface area contributed by atoms with E-state index in [0.717, 1.165) is 16.6 Å². The van der Waals surface area contributed by atoms with Crippen LogP contribution in [0, 0.1) is 0 Å². The second-order valence-electron chi connectivity index (χ2n) is 4.70. The lowest BCUT2D eigenvalue weighted by Crippen LogP contribution is -2.30. The summed E-state index contributed by atoms with van der Waals surface area (Å²) in [6.07, 6.45) is 0. The average Bonchev–Trinajstić information content (AvgIpc) is 2.57. The lowest BCUT2D eigenvalue weighted by atomic mass is 9.89. The third-order valence-corrected chi connectivity index (χ3v) is 3.49. The van der Waals surface area contributed by atoms with Crippen LogP contribution in [0.3, 0.4) is 0 Å². The number of halogens is 1. The minimum atomic E-state index is -0.933. The van der Waals surface area contributed by atoms with Crippen molar-refractivity contribution in [2.75, 3.05) is 0 Å². The number of hydrogen-bond acceptors (Lipinski definition) is 1. The van der Waals surface area contributed by atoms with Gasteiger partial charge in [-0.15, -0.1) is 0 Å². The van der Waals surface area contributed by atoms with E-state index in [-0.39, 0.29) is 0 Å². The molecule has 0 spiro atoms. The van der Waals surface area contributed by atoms with E-state index in [1.807, 2.05) is 29.8 Å². The minimum absolute atomic E-state index is 0.637. The molecule has 90 valence electrons. The van der Waals surface area contributed by atoms with Crippen molar-refractivity contribution in [3.8, 4) is 0 Å². The Labute approximate surface area is 105 Å². The maximum atomic E-state index is 11.3. The van der Waals surface area contributed by atoms with E-state index in [9.17, 15) is 9.90 Å². The first-order valence-electron chi connectivity index (χ1n) is 5.33. The Bertz CT molecular complexity index is 599. The number of hydrogen-bond donors (Lipinski definition) is 1. The van der Waals surface area contributed by atoms with E-state index in [1.54, 1.807) is 19.9 Å². The lowest BCUT2D eigenvalue weighted by molar-refractivity contribution is -0.142. The maximum Gasteiger partial charge on any atom is 0.315 e. The van der Waals surface area contributed by atoms with E-state index in [4.69, 9.17) is 11.6 Å². The van der Waals surface area contributed by atoms with Crippen LogP contribution >= 0.6 is 11.6 Å². The van der Waals surface area contributed by atoms with Crippen LogP contribution in [0.4, 0.5) is 0 Å². The van der Waals surface area contributed by atoms with E-state index < -0.39 is 11.4 Å². The highest BCUT2D eigenvalue weighted by Gasteiger charge is 2.32. The summed E-state index contributed by atoms with van der Waals surface area (Å²) in [6, 6.07) is 7.49. The van der Waals surface area contributed by atoms with Crippen LogP contribution in [0.2, 0.25) is 5.02 Å². The maximum absolute atomic E-state index is 11.3. The zero-order valence-corrected chi connectivity index (χ0v) is 10.7. The van der Waals surface area contributed by atoms with E-state index in [2.05, 4.69) is 0 Å². The summed E-state index contributed by atoms with van der Waals surface area (Å²) in [4.78, 5) is 11.3. The van der Waals surface area contributed by atoms with Gasteiger partial charge in [-0.05, 0) is 26.0 Å². The molecule has 0 bridgehead atoms. The smallest absolute Gasteiger partial charge is 0.315 e. The Hall–Kier alpha value is -1.48. The summed E-state index contributed by atoms with van der Waals surface area (Å²) in [5, 5.41) is 10.9. The van der Waals surface area contributed by atoms with Gasteiger partial charge in [-0.1, -0.05) is 23.7 Å². The summed E-state index contributed by atoms with van der Waals surface area (Å²) < 4.78 is 1.85. The van der Waals surface area contributed by atoms with Crippen molar-refractivity contribution < 1.29 is 9.90 Å². The minimum Gasteiger partial charge on any atom is -0.481 e. The van der Waals surface area contributed by atoms with Crippen molar-refractivity contribution in [1.29, 1.82) is 0 Å². The average molecular weight is 252 g/mol. The number of carboxylic acid groups (broad SMARTS) is 1. The molecule has 0 aliphatic carbocycles. The normalized spacial score (nSPS) is 12.0. The molecular formula is C13H14ClNO2. The molecule has 0 aliphatic heterocycles. The Morgan fingerprint density at radius 1 is 1.41 bits per heavy atom. The van der Waals surface area contributed by atoms with Crippen LogP contribution in [0.5, 0.6) is 0 Å². The van der Waals surface area contributed by atoms with Crippen LogP contribution in [-0.2, 0) is 17.3 Å². The van der Waals surface area contributed by atoms with Gasteiger partial charge in [-0.25, -0.2) is 0 Å². The van der Waals surface area contributed by atoms with Gasteiger partial charge in [-0.2, -0.15) is 0 Å². The van der Waals surface area contributed by atoms with Crippen molar-refractivity contribution in [3.63, 3.8) is 0 Å². The van der Waals surface area contributed by atoms with Crippen molar-refractivity contribution >= 4 is 28.5 Å². The van der Waals surface area contributed by atoms with Gasteiger partial charge in [0, 0.05) is 18.1 Å². The molecule has 4 heteroatoms. The second-order valence-corrected chi connectivity index (χ2v) is 5.10. The standard InChI is InChI=1S/C13H14ClNO2/c1-13(2,12(16)17)10-7-8-5-4-6-9(14)11(8)15(10)3/h4-7H,1-3H3,(H,16,17). The molecule has 0 atom stereocenters. The van der Waals surface area contributed by atoms with Gasteiger partial charge in [0.25, 0.3) is 0 Å². The number of benzene rings is 1. The van der Waals surface area contributed by atoms with Gasteiger partial charge in [0.05, 0.1) is 10.5 Å². The van der Waals surface area contributed by atoms with Gasteiger partial charge in [-0.3, -0.25) is 4.79 Å². The molecule has 17 heavy (non-hydrogen) atoms. The highest BCUT2D eigenvalue weighted by Crippen LogP contribution is 2.32. The van der Waals surface area contributed by atoms with Gasteiger partial charge in [0.15, 0.2) is 0 Å². The third kappa shape index (κ3) is 1.71. The highest BCUT2D eigenvalue weighted by molar-refractivity contribution is 6.35. The number of carbonyl (C=O) groups is 1. The molecule has 1 N–H and O–H groups in total. The highest BCUT2D eigenvalue weighted by atomic mass is 35.5. The first-order valence-corrected chi connectivity index (χ1v) is 5.71. The summed E-state index contributed by atoms with van der Waals surface area (Å²) in [7, 11) is 1.84. The summed E-state index contributed by atoms with van der Waals surface area (Å²) >= 11 is 6.14. The first-order chi connectivity index (χ1) is 7.85. The number of nitrogens with zero attached hydrogens (tertiary/aromatic N) is 1. The van der Waals surface area contributed by atoms with E-state index >= 15 is 0 Å². The van der Waals surface area contributed by atoms with Crippen molar-refractivity contribution in [2.24, 2.45) is 7.05 Å². The molecule has 1 aromatic heterocycles. The fraction of sp³-hybridized carbons (Fsp3) is 0.308. The van der Waals surface area contributed by atoms with E-state index in [1.165, 1.54) is 0 Å². The zero-order chi connectivity index (χ0) is 12.8. The quantitative estimate of drug-likeness (QED) is 0.891. The Kier molecular flexibility index (Phi) is 2.66. The topological polar surface area (TPSA) is 42.2 Å². The van der Waals surface area contributed by atoms with Crippen molar-refractivity contribution in [1.82, 2.24) is 4.57 Å². The number of fused-ring (bicyclic) bond motifs is 1. The van der Waals surface area contributed by atoms with Crippen molar-refractivity contribution in [2.45, 2.75) is 19.3 Å². The molecule has 2 aromatic rings. The Morgan fingerprint density at radius 3 is 2.59 bits per heavy atom. The Morgan fingerprint density at radius 2 is 2.06 bits per heavy atom. The molecule has 0 unspecified atom stereocenters. The molecule has 1 aromatic carbocycles. The largest absolute Gasteiger partial charge is 0.481 e. The number of aromatic nitrogens is 1. The molecular weight excluding hydrogens is 238 g/mol. The van der Waals surface area contributed by atoms with Crippen LogP contribution < -0.4 is 0 Å². The number of aliphatic carboxylic acids is 1. The molecule has 2 rings (SSSR count). The van der Waals surface area contributed by atoms with Crippen LogP contribution in [0.1, 0.15) is 19.5 Å². The molecule has 0 amide bonds. The number of carboxylic acids is 1. The van der Waals surface area contributed by atoms with Gasteiger partial charge >= 0.3 is 5.97 Å². The molecule has 0 saturated carbocycles. The predicted octanol–water partition coefficient (Wildman–Crippen LogP) is 3.19. The SMILES string of the molecule is Cn1c(C(C)(C)C(=O)O)cc2cccc(Cl)c21. The van der Waals surface area contributed by atoms with Crippen LogP contribution in [0.15, 0.2) is 24.3 Å². The molecule has 0 saturated heterocycles. The number of para-hydroxylation sites is 1. The number of rotatable bonds is 2. The molecule has 3 nitrogen and oxygen atoms in total. The summed E-state index contributed by atoms with van der Waals surface area (Å²) in [5.41, 5.74) is 0.684. The number of aryl methyl sites for hydroxylation is 1. The molecule has 0 radical (unpaired) electrons. The van der Waals surface area contributed by atoms with Crippen LogP contribution in [-0.4, -0.2) is 15.6 Å². The molecule has 0 aliphatic rings. The zero-order valence-electron chi connectivity index (χ0n) is 9.99. The predicted molar refractivity (Wildman–Crippen MR) is 68.6 cm³/mol. The monoisotopic (exact) mass is 251 g/mol. The molecule has 1 heterocycles. The molecule has 0 fully saturated rings. The second kappa shape index (κ2) is 3.77. The van der Waals surface area contributed by atoms with Crippen molar-refractivity contribution in [3.05, 3.63) is 35.0 Å². The summed E-state index contributed by atoms with van der Waals surface area (Å²) in [5.74, 6) is -0.848. The first kappa shape index (κ1) is 12.0. The van der Waals surface area contributed by atoms with E-state index in [0.29, 0.717) is 5.02 Å². The lowest BCUT2D eigenvalue weighted by Gasteiger charge is -2.20. The fourth-order valence-corrected chi connectivity index (χ4v) is 2.38. The van der Waals surface area contributed by atoms with Gasteiger partial charge in [0.2, 0.25) is 0 Å². The third-order valence-electron chi connectivity index (χ3n) is 3.18.